The van der Waals surface area contributed by atoms with Crippen LogP contribution in [0.25, 0.3) is 11.1 Å². The highest BCUT2D eigenvalue weighted by Gasteiger charge is 2.30. The Bertz CT molecular complexity index is 891. The van der Waals surface area contributed by atoms with Crippen LogP contribution in [0.4, 0.5) is 18.9 Å². The number of alkyl halides is 3. The fraction of sp³-hybridized carbons (Fsp3) is 0.188. The Balaban J connectivity index is 2.47. The van der Waals surface area contributed by atoms with E-state index in [-0.39, 0.29) is 11.3 Å². The predicted octanol–water partition coefficient (Wildman–Crippen LogP) is 3.53. The summed E-state index contributed by atoms with van der Waals surface area (Å²) < 4.78 is 67.4. The minimum absolute atomic E-state index is 0.0185. The van der Waals surface area contributed by atoms with Crippen molar-refractivity contribution in [1.29, 1.82) is 0 Å². The van der Waals surface area contributed by atoms with Crippen molar-refractivity contribution in [3.63, 3.8) is 0 Å². The van der Waals surface area contributed by atoms with E-state index in [0.29, 0.717) is 11.1 Å². The normalized spacial score (nSPS) is 11.9. The molecule has 1 N–H and O–H groups in total. The molecule has 0 saturated heterocycles. The van der Waals surface area contributed by atoms with E-state index < -0.39 is 27.7 Å². The van der Waals surface area contributed by atoms with Crippen molar-refractivity contribution in [3.05, 3.63) is 53.6 Å². The molecule has 134 valence electrons. The number of hydrogen-bond acceptors (Lipinski definition) is 4. The quantitative estimate of drug-likeness (QED) is 0.833. The topological polar surface area (TPSA) is 72.5 Å². The van der Waals surface area contributed by atoms with Crippen LogP contribution in [-0.2, 0) is 20.9 Å². The second-order valence-electron chi connectivity index (χ2n) is 5.20. The van der Waals surface area contributed by atoms with Gasteiger partial charge >= 0.3 is 12.1 Å². The lowest BCUT2D eigenvalue weighted by Gasteiger charge is -2.12. The molecule has 0 spiro atoms. The van der Waals surface area contributed by atoms with Gasteiger partial charge < -0.3 is 4.74 Å². The summed E-state index contributed by atoms with van der Waals surface area (Å²) in [5.41, 5.74) is 0.0485. The van der Waals surface area contributed by atoms with Gasteiger partial charge in [-0.15, -0.1) is 0 Å². The summed E-state index contributed by atoms with van der Waals surface area (Å²) in [7, 11) is -2.49. The van der Waals surface area contributed by atoms with Gasteiger partial charge in [0, 0.05) is 0 Å². The third-order valence-corrected chi connectivity index (χ3v) is 3.86. The molecule has 0 atom stereocenters. The second-order valence-corrected chi connectivity index (χ2v) is 6.95. The molecular formula is C16H14F3NO4S. The van der Waals surface area contributed by atoms with Gasteiger partial charge in [0.1, 0.15) is 0 Å². The highest BCUT2D eigenvalue weighted by Crippen LogP contribution is 2.32. The van der Waals surface area contributed by atoms with Crippen LogP contribution in [0.15, 0.2) is 42.5 Å². The largest absolute Gasteiger partial charge is 0.465 e. The average Bonchev–Trinajstić information content (AvgIpc) is 2.52. The Morgan fingerprint density at radius 2 is 1.60 bits per heavy atom. The van der Waals surface area contributed by atoms with E-state index in [9.17, 15) is 26.4 Å². The third kappa shape index (κ3) is 4.72. The minimum atomic E-state index is -4.45. The predicted molar refractivity (Wildman–Crippen MR) is 86.7 cm³/mol. The van der Waals surface area contributed by atoms with Gasteiger partial charge in [-0.05, 0) is 35.4 Å². The molecule has 9 heteroatoms. The molecule has 0 saturated carbocycles. The van der Waals surface area contributed by atoms with E-state index in [1.165, 1.54) is 30.3 Å². The molecule has 5 nitrogen and oxygen atoms in total. The number of hydrogen-bond donors (Lipinski definition) is 1. The van der Waals surface area contributed by atoms with E-state index in [2.05, 4.69) is 9.46 Å². The Morgan fingerprint density at radius 3 is 2.08 bits per heavy atom. The fourth-order valence-corrected chi connectivity index (χ4v) is 2.72. The van der Waals surface area contributed by atoms with Gasteiger partial charge in [-0.2, -0.15) is 13.2 Å². The van der Waals surface area contributed by atoms with Crippen molar-refractivity contribution in [2.45, 2.75) is 6.18 Å². The zero-order valence-electron chi connectivity index (χ0n) is 13.2. The Morgan fingerprint density at radius 1 is 1.04 bits per heavy atom. The molecule has 0 fully saturated rings. The molecule has 2 aromatic carbocycles. The van der Waals surface area contributed by atoms with Crippen LogP contribution in [0.3, 0.4) is 0 Å². The number of halogens is 3. The number of sulfonamides is 1. The van der Waals surface area contributed by atoms with Gasteiger partial charge in [-0.3, -0.25) is 4.72 Å². The monoisotopic (exact) mass is 373 g/mol. The lowest BCUT2D eigenvalue weighted by atomic mass is 10.0. The number of anilines is 1. The first-order chi connectivity index (χ1) is 11.5. The van der Waals surface area contributed by atoms with Gasteiger partial charge in [-0.1, -0.05) is 18.2 Å². The molecule has 2 aromatic rings. The number of ether oxygens (including phenoxy) is 1. The molecule has 25 heavy (non-hydrogen) atoms. The molecule has 0 aliphatic heterocycles. The summed E-state index contributed by atoms with van der Waals surface area (Å²) in [4.78, 5) is 11.9. The van der Waals surface area contributed by atoms with Gasteiger partial charge in [0.2, 0.25) is 10.0 Å². The number of benzene rings is 2. The second kappa shape index (κ2) is 6.75. The standard InChI is InChI=1S/C16H14F3NO4S/c1-24-15(21)13-9-11(5-8-14(13)20-25(2,22)23)10-3-6-12(7-4-10)16(17,18)19/h3-9,20H,1-2H3. The molecular weight excluding hydrogens is 359 g/mol. The maximum absolute atomic E-state index is 12.6. The van der Waals surface area contributed by atoms with Crippen LogP contribution >= 0.6 is 0 Å². The van der Waals surface area contributed by atoms with Crippen molar-refractivity contribution in [3.8, 4) is 11.1 Å². The lowest BCUT2D eigenvalue weighted by Crippen LogP contribution is -2.14. The van der Waals surface area contributed by atoms with E-state index in [4.69, 9.17) is 0 Å². The third-order valence-electron chi connectivity index (χ3n) is 3.27. The van der Waals surface area contributed by atoms with Gasteiger partial charge in [-0.25, -0.2) is 13.2 Å². The van der Waals surface area contributed by atoms with Crippen LogP contribution in [0.2, 0.25) is 0 Å². The maximum atomic E-state index is 12.6. The zero-order chi connectivity index (χ0) is 18.8. The Hall–Kier alpha value is -2.55. The first-order valence-corrected chi connectivity index (χ1v) is 8.78. The lowest BCUT2D eigenvalue weighted by molar-refractivity contribution is -0.137. The van der Waals surface area contributed by atoms with Crippen LogP contribution in [0.5, 0.6) is 0 Å². The summed E-state index contributed by atoms with van der Waals surface area (Å²) in [5.74, 6) is -0.778. The number of nitrogens with one attached hydrogen (secondary N) is 1. The first kappa shape index (κ1) is 18.8. The van der Waals surface area contributed by atoms with Crippen molar-refractivity contribution in [1.82, 2.24) is 0 Å². The van der Waals surface area contributed by atoms with Crippen molar-refractivity contribution >= 4 is 21.7 Å². The van der Waals surface area contributed by atoms with Gasteiger partial charge in [0.05, 0.1) is 30.2 Å². The molecule has 0 bridgehead atoms. The molecule has 0 aliphatic carbocycles. The Kier molecular flexibility index (Phi) is 5.07. The molecule has 0 aliphatic rings. The SMILES string of the molecule is COC(=O)c1cc(-c2ccc(C(F)(F)F)cc2)ccc1NS(C)(=O)=O. The Labute approximate surface area is 142 Å². The molecule has 0 amide bonds. The summed E-state index contributed by atoms with van der Waals surface area (Å²) in [6.07, 6.45) is -3.52. The molecule has 0 heterocycles. The highest BCUT2D eigenvalue weighted by atomic mass is 32.2. The molecule has 2 rings (SSSR count). The number of carbonyl (C=O) groups is 1. The number of carbonyl (C=O) groups excluding carboxylic acids is 1. The molecule has 0 radical (unpaired) electrons. The van der Waals surface area contributed by atoms with Crippen LogP contribution in [-0.4, -0.2) is 27.8 Å². The van der Waals surface area contributed by atoms with Crippen molar-refractivity contribution in [2.75, 3.05) is 18.1 Å². The summed E-state index contributed by atoms with van der Waals surface area (Å²) in [5, 5.41) is 0. The number of esters is 1. The van der Waals surface area contributed by atoms with Crippen LogP contribution in [0.1, 0.15) is 15.9 Å². The summed E-state index contributed by atoms with van der Waals surface area (Å²) in [6.45, 7) is 0. The van der Waals surface area contributed by atoms with E-state index in [0.717, 1.165) is 25.5 Å². The van der Waals surface area contributed by atoms with E-state index >= 15 is 0 Å². The average molecular weight is 373 g/mol. The first-order valence-electron chi connectivity index (χ1n) is 6.89. The van der Waals surface area contributed by atoms with E-state index in [1.807, 2.05) is 0 Å². The smallest absolute Gasteiger partial charge is 0.416 e. The van der Waals surface area contributed by atoms with Gasteiger partial charge in [0.25, 0.3) is 0 Å². The summed E-state index contributed by atoms with van der Waals surface area (Å²) in [6, 6.07) is 8.57. The van der Waals surface area contributed by atoms with E-state index in [1.54, 1.807) is 0 Å². The van der Waals surface area contributed by atoms with Crippen molar-refractivity contribution in [2.24, 2.45) is 0 Å². The van der Waals surface area contributed by atoms with Gasteiger partial charge in [0.15, 0.2) is 0 Å². The fourth-order valence-electron chi connectivity index (χ4n) is 2.14. The number of methoxy groups -OCH3 is 1. The van der Waals surface area contributed by atoms with Crippen LogP contribution < -0.4 is 4.72 Å². The highest BCUT2D eigenvalue weighted by molar-refractivity contribution is 7.92. The molecule has 0 unspecified atom stereocenters. The number of rotatable bonds is 4. The molecule has 0 aromatic heterocycles. The summed E-state index contributed by atoms with van der Waals surface area (Å²) >= 11 is 0. The van der Waals surface area contributed by atoms with Crippen molar-refractivity contribution < 1.29 is 31.1 Å². The minimum Gasteiger partial charge on any atom is -0.465 e. The maximum Gasteiger partial charge on any atom is 0.416 e. The van der Waals surface area contributed by atoms with Crippen LogP contribution in [0, 0.1) is 0 Å². The zero-order valence-corrected chi connectivity index (χ0v) is 14.0.